The molecule has 9 heteroatoms. The van der Waals surface area contributed by atoms with Gasteiger partial charge >= 0.3 is 0 Å². The molecule has 0 aliphatic carbocycles. The highest BCUT2D eigenvalue weighted by atomic mass is 35.5. The van der Waals surface area contributed by atoms with Crippen LogP contribution >= 0.6 is 23.4 Å². The predicted octanol–water partition coefficient (Wildman–Crippen LogP) is 4.55. The molecule has 0 unspecified atom stereocenters. The normalized spacial score (nSPS) is 11.2. The molecule has 7 nitrogen and oxygen atoms in total. The van der Waals surface area contributed by atoms with E-state index in [-0.39, 0.29) is 0 Å². The fourth-order valence-corrected chi connectivity index (χ4v) is 3.40. The SMILES string of the molecule is CCn1c(SCc2nc(-c3ccco3)no2)nnc1-c1ccc(Cl)cc1. The molecule has 132 valence electrons. The third-order valence-electron chi connectivity index (χ3n) is 3.67. The zero-order valence-corrected chi connectivity index (χ0v) is 15.4. The summed E-state index contributed by atoms with van der Waals surface area (Å²) < 4.78 is 12.6. The van der Waals surface area contributed by atoms with Crippen LogP contribution in [-0.4, -0.2) is 24.9 Å². The van der Waals surface area contributed by atoms with E-state index >= 15 is 0 Å². The van der Waals surface area contributed by atoms with E-state index in [0.717, 1.165) is 23.1 Å². The van der Waals surface area contributed by atoms with Crippen molar-refractivity contribution in [2.24, 2.45) is 0 Å². The fraction of sp³-hybridized carbons (Fsp3) is 0.176. The first kappa shape index (κ1) is 16.9. The van der Waals surface area contributed by atoms with Gasteiger partial charge in [-0.15, -0.1) is 10.2 Å². The van der Waals surface area contributed by atoms with E-state index in [9.17, 15) is 0 Å². The molecular weight excluding hydrogens is 374 g/mol. The summed E-state index contributed by atoms with van der Waals surface area (Å²) in [7, 11) is 0. The summed E-state index contributed by atoms with van der Waals surface area (Å²) in [5.74, 6) is 2.80. The zero-order valence-electron chi connectivity index (χ0n) is 13.8. The molecule has 0 fully saturated rings. The van der Waals surface area contributed by atoms with Crippen molar-refractivity contribution in [2.75, 3.05) is 0 Å². The first-order chi connectivity index (χ1) is 12.7. The highest BCUT2D eigenvalue weighted by Crippen LogP contribution is 2.27. The van der Waals surface area contributed by atoms with Gasteiger partial charge in [-0.3, -0.25) is 0 Å². The number of hydrogen-bond acceptors (Lipinski definition) is 7. The van der Waals surface area contributed by atoms with E-state index in [0.29, 0.717) is 28.3 Å². The van der Waals surface area contributed by atoms with Crippen molar-refractivity contribution >= 4 is 23.4 Å². The average Bonchev–Trinajstić information content (AvgIpc) is 3.40. The largest absolute Gasteiger partial charge is 0.461 e. The lowest BCUT2D eigenvalue weighted by atomic mass is 10.2. The van der Waals surface area contributed by atoms with Crippen molar-refractivity contribution in [3.05, 3.63) is 53.6 Å². The molecule has 26 heavy (non-hydrogen) atoms. The third-order valence-corrected chi connectivity index (χ3v) is 4.87. The number of hydrogen-bond donors (Lipinski definition) is 0. The molecular formula is C17H14ClN5O2S. The number of benzene rings is 1. The van der Waals surface area contributed by atoms with Crippen LogP contribution in [0.4, 0.5) is 0 Å². The first-order valence-corrected chi connectivity index (χ1v) is 9.29. The van der Waals surface area contributed by atoms with Gasteiger partial charge in [-0.05, 0) is 43.3 Å². The third kappa shape index (κ3) is 3.38. The summed E-state index contributed by atoms with van der Waals surface area (Å²) in [5, 5.41) is 14.0. The lowest BCUT2D eigenvalue weighted by Crippen LogP contribution is -1.99. The van der Waals surface area contributed by atoms with E-state index < -0.39 is 0 Å². The van der Waals surface area contributed by atoms with Crippen LogP contribution in [0.15, 0.2) is 56.8 Å². The Kier molecular flexibility index (Phi) is 4.77. The molecule has 0 bridgehead atoms. The quantitative estimate of drug-likeness (QED) is 0.448. The summed E-state index contributed by atoms with van der Waals surface area (Å²) >= 11 is 7.45. The number of rotatable bonds is 6. The molecule has 0 spiro atoms. The van der Waals surface area contributed by atoms with E-state index in [1.54, 1.807) is 18.4 Å². The van der Waals surface area contributed by atoms with Crippen molar-refractivity contribution in [3.63, 3.8) is 0 Å². The molecule has 0 N–H and O–H groups in total. The molecule has 4 rings (SSSR count). The van der Waals surface area contributed by atoms with Crippen LogP contribution in [0.25, 0.3) is 23.0 Å². The molecule has 3 aromatic heterocycles. The predicted molar refractivity (Wildman–Crippen MR) is 97.7 cm³/mol. The van der Waals surface area contributed by atoms with Crippen LogP contribution in [0, 0.1) is 0 Å². The number of thioether (sulfide) groups is 1. The van der Waals surface area contributed by atoms with Crippen LogP contribution in [0.5, 0.6) is 0 Å². The number of halogens is 1. The summed E-state index contributed by atoms with van der Waals surface area (Å²) in [5.41, 5.74) is 0.966. The van der Waals surface area contributed by atoms with Crippen molar-refractivity contribution in [2.45, 2.75) is 24.4 Å². The second-order valence-electron chi connectivity index (χ2n) is 5.34. The smallest absolute Gasteiger partial charge is 0.238 e. The van der Waals surface area contributed by atoms with Gasteiger partial charge in [-0.1, -0.05) is 28.5 Å². The van der Waals surface area contributed by atoms with Gasteiger partial charge in [0.1, 0.15) is 0 Å². The van der Waals surface area contributed by atoms with Crippen molar-refractivity contribution in [1.29, 1.82) is 0 Å². The Labute approximate surface area is 158 Å². The minimum Gasteiger partial charge on any atom is -0.461 e. The summed E-state index contributed by atoms with van der Waals surface area (Å²) in [4.78, 5) is 4.33. The molecule has 0 radical (unpaired) electrons. The highest BCUT2D eigenvalue weighted by Gasteiger charge is 2.16. The van der Waals surface area contributed by atoms with Crippen molar-refractivity contribution < 1.29 is 8.94 Å². The Morgan fingerprint density at radius 1 is 1.15 bits per heavy atom. The molecule has 0 atom stereocenters. The standard InChI is InChI=1S/C17H14ClN5O2S/c1-2-23-16(11-5-7-12(18)8-6-11)20-21-17(23)26-10-14-19-15(22-25-14)13-4-3-9-24-13/h3-9H,2,10H2,1H3. The van der Waals surface area contributed by atoms with E-state index in [1.165, 1.54) is 11.8 Å². The monoisotopic (exact) mass is 387 g/mol. The van der Waals surface area contributed by atoms with Gasteiger partial charge in [0.2, 0.25) is 11.7 Å². The molecule has 0 saturated carbocycles. The Hall–Kier alpha value is -2.58. The summed E-state index contributed by atoms with van der Waals surface area (Å²) in [6.07, 6.45) is 1.57. The van der Waals surface area contributed by atoms with Crippen LogP contribution in [0.2, 0.25) is 5.02 Å². The maximum atomic E-state index is 5.96. The topological polar surface area (TPSA) is 82.8 Å². The molecule has 1 aromatic carbocycles. The zero-order chi connectivity index (χ0) is 17.9. The van der Waals surface area contributed by atoms with Gasteiger partial charge < -0.3 is 13.5 Å². The Morgan fingerprint density at radius 3 is 2.73 bits per heavy atom. The fourth-order valence-electron chi connectivity index (χ4n) is 2.44. The minimum atomic E-state index is 0.435. The van der Waals surface area contributed by atoms with Crippen molar-refractivity contribution in [1.82, 2.24) is 24.9 Å². The maximum Gasteiger partial charge on any atom is 0.238 e. The van der Waals surface area contributed by atoms with Crippen LogP contribution < -0.4 is 0 Å². The molecule has 0 aliphatic heterocycles. The number of furan rings is 1. The Balaban J connectivity index is 1.51. The van der Waals surface area contributed by atoms with Crippen molar-refractivity contribution in [3.8, 4) is 23.0 Å². The summed E-state index contributed by atoms with van der Waals surface area (Å²) in [6.45, 7) is 2.79. The van der Waals surface area contributed by atoms with E-state index in [2.05, 4.69) is 27.3 Å². The van der Waals surface area contributed by atoms with E-state index in [1.807, 2.05) is 28.8 Å². The molecule has 4 aromatic rings. The van der Waals surface area contributed by atoms with Gasteiger partial charge in [0.15, 0.2) is 16.7 Å². The molecule has 0 saturated heterocycles. The highest BCUT2D eigenvalue weighted by molar-refractivity contribution is 7.98. The van der Waals surface area contributed by atoms with Crippen LogP contribution in [-0.2, 0) is 12.3 Å². The first-order valence-electron chi connectivity index (χ1n) is 7.93. The minimum absolute atomic E-state index is 0.435. The number of aromatic nitrogens is 5. The second kappa shape index (κ2) is 7.35. The summed E-state index contributed by atoms with van der Waals surface area (Å²) in [6, 6.07) is 11.1. The average molecular weight is 388 g/mol. The van der Waals surface area contributed by atoms with Gasteiger partial charge in [-0.2, -0.15) is 4.98 Å². The molecule has 0 aliphatic rings. The second-order valence-corrected chi connectivity index (χ2v) is 6.71. The van der Waals surface area contributed by atoms with Crippen LogP contribution in [0.1, 0.15) is 12.8 Å². The lowest BCUT2D eigenvalue weighted by molar-refractivity contribution is 0.390. The maximum absolute atomic E-state index is 5.96. The number of nitrogens with zero attached hydrogens (tertiary/aromatic N) is 5. The van der Waals surface area contributed by atoms with E-state index in [4.69, 9.17) is 20.5 Å². The van der Waals surface area contributed by atoms with Gasteiger partial charge in [0, 0.05) is 17.1 Å². The lowest BCUT2D eigenvalue weighted by Gasteiger charge is -2.06. The molecule has 0 amide bonds. The Bertz CT molecular complexity index is 995. The van der Waals surface area contributed by atoms with Gasteiger partial charge in [0.05, 0.1) is 12.0 Å². The van der Waals surface area contributed by atoms with Gasteiger partial charge in [0.25, 0.3) is 0 Å². The molecule has 3 heterocycles. The Morgan fingerprint density at radius 2 is 2.00 bits per heavy atom. The van der Waals surface area contributed by atoms with Gasteiger partial charge in [-0.25, -0.2) is 0 Å². The van der Waals surface area contributed by atoms with Crippen LogP contribution in [0.3, 0.4) is 0 Å².